The Labute approximate surface area is 149 Å². The van der Waals surface area contributed by atoms with Crippen molar-refractivity contribution in [3.8, 4) is 0 Å². The van der Waals surface area contributed by atoms with E-state index in [9.17, 15) is 23.1 Å². The van der Waals surface area contributed by atoms with Gasteiger partial charge in [-0.25, -0.2) is 0 Å². The molecule has 0 aliphatic carbocycles. The van der Waals surface area contributed by atoms with Gasteiger partial charge in [-0.15, -0.1) is 11.8 Å². The fourth-order valence-electron chi connectivity index (χ4n) is 3.60. The normalized spacial score (nSPS) is 23.0. The number of benzene rings is 1. The van der Waals surface area contributed by atoms with Crippen molar-refractivity contribution in [3.63, 3.8) is 0 Å². The second kappa shape index (κ2) is 7.58. The highest BCUT2D eigenvalue weighted by atomic mass is 32.2. The van der Waals surface area contributed by atoms with Gasteiger partial charge in [0.15, 0.2) is 0 Å². The molecule has 0 aromatic heterocycles. The Morgan fingerprint density at radius 1 is 1.32 bits per heavy atom. The number of hydrogen-bond acceptors (Lipinski definition) is 4. The third-order valence-corrected chi connectivity index (χ3v) is 6.16. The maximum Gasteiger partial charge on any atom is 0.417 e. The number of aliphatic hydroxyl groups is 1. The summed E-state index contributed by atoms with van der Waals surface area (Å²) in [4.78, 5) is 12.2. The van der Waals surface area contributed by atoms with Crippen LogP contribution in [0.2, 0.25) is 0 Å². The highest BCUT2D eigenvalue weighted by Gasteiger charge is 2.56. The molecule has 0 radical (unpaired) electrons. The van der Waals surface area contributed by atoms with Crippen molar-refractivity contribution in [2.24, 2.45) is 5.92 Å². The molecule has 1 aliphatic rings. The third-order valence-electron chi connectivity index (χ3n) is 4.70. The topological polar surface area (TPSA) is 46.5 Å². The second-order valence-electron chi connectivity index (χ2n) is 6.30. The molecular weight excluding hydrogens is 353 g/mol. The Morgan fingerprint density at radius 2 is 1.92 bits per heavy atom. The molecule has 0 saturated heterocycles. The van der Waals surface area contributed by atoms with E-state index in [1.54, 1.807) is 0 Å². The summed E-state index contributed by atoms with van der Waals surface area (Å²) in [5.41, 5.74) is -2.29. The number of fused-ring (bicyclic) bond motifs is 1. The standard InChI is InChI=1S/C18H23F3O3S/c1-4-7-11(8-5-2)17(23)12-9-6-10-13(18(19,20)21)14(12)25-15(17)16(22)24-3/h6,9-11,15,23H,4-5,7-8H2,1-3H3/t15-,17-/m1/s1. The molecule has 0 fully saturated rings. The summed E-state index contributed by atoms with van der Waals surface area (Å²) < 4.78 is 45.0. The molecular formula is C18H23F3O3S. The Morgan fingerprint density at radius 3 is 2.40 bits per heavy atom. The van der Waals surface area contributed by atoms with Gasteiger partial charge in [-0.05, 0) is 30.4 Å². The van der Waals surface area contributed by atoms with Crippen molar-refractivity contribution in [2.45, 2.75) is 61.5 Å². The summed E-state index contributed by atoms with van der Waals surface area (Å²) in [7, 11) is 1.19. The number of esters is 1. The van der Waals surface area contributed by atoms with E-state index in [2.05, 4.69) is 0 Å². The van der Waals surface area contributed by atoms with Gasteiger partial charge < -0.3 is 9.84 Å². The lowest BCUT2D eigenvalue weighted by Gasteiger charge is -2.37. The third kappa shape index (κ3) is 3.53. The van der Waals surface area contributed by atoms with E-state index in [1.807, 2.05) is 13.8 Å². The number of rotatable bonds is 6. The Bertz CT molecular complexity index is 626. The van der Waals surface area contributed by atoms with Crippen molar-refractivity contribution in [1.29, 1.82) is 0 Å². The SMILES string of the molecule is CCCC(CCC)[C@@]1(O)c2cccc(C(F)(F)F)c2S[C@@H]1C(=O)OC. The van der Waals surface area contributed by atoms with E-state index in [4.69, 9.17) is 4.74 Å². The van der Waals surface area contributed by atoms with Gasteiger partial charge in [-0.3, -0.25) is 4.79 Å². The van der Waals surface area contributed by atoms with Crippen molar-refractivity contribution < 1.29 is 27.8 Å². The largest absolute Gasteiger partial charge is 0.468 e. The van der Waals surface area contributed by atoms with E-state index < -0.39 is 28.6 Å². The number of alkyl halides is 3. The number of methoxy groups -OCH3 is 1. The van der Waals surface area contributed by atoms with Crippen molar-refractivity contribution in [1.82, 2.24) is 0 Å². The zero-order valence-corrected chi connectivity index (χ0v) is 15.3. The smallest absolute Gasteiger partial charge is 0.417 e. The molecule has 1 heterocycles. The van der Waals surface area contributed by atoms with E-state index >= 15 is 0 Å². The monoisotopic (exact) mass is 376 g/mol. The number of thioether (sulfide) groups is 1. The summed E-state index contributed by atoms with van der Waals surface area (Å²) in [6.45, 7) is 3.91. The number of halogens is 3. The minimum atomic E-state index is -4.55. The average Bonchev–Trinajstić information content (AvgIpc) is 2.87. The van der Waals surface area contributed by atoms with Crippen LogP contribution in [0.5, 0.6) is 0 Å². The first-order chi connectivity index (χ1) is 11.7. The van der Waals surface area contributed by atoms with Gasteiger partial charge in [0.1, 0.15) is 10.9 Å². The van der Waals surface area contributed by atoms with E-state index in [0.29, 0.717) is 12.8 Å². The van der Waals surface area contributed by atoms with E-state index in [1.165, 1.54) is 19.2 Å². The molecule has 1 aromatic rings. The van der Waals surface area contributed by atoms with Crippen LogP contribution in [0.15, 0.2) is 23.1 Å². The molecule has 2 atom stereocenters. The minimum Gasteiger partial charge on any atom is -0.468 e. The van der Waals surface area contributed by atoms with Crippen LogP contribution in [0, 0.1) is 5.92 Å². The molecule has 25 heavy (non-hydrogen) atoms. The van der Waals surface area contributed by atoms with Crippen LogP contribution in [-0.2, 0) is 21.3 Å². The molecule has 1 aliphatic heterocycles. The fourth-order valence-corrected chi connectivity index (χ4v) is 5.20. The van der Waals surface area contributed by atoms with Crippen LogP contribution in [0.1, 0.15) is 50.7 Å². The van der Waals surface area contributed by atoms with Gasteiger partial charge in [0.05, 0.1) is 12.7 Å². The molecule has 3 nitrogen and oxygen atoms in total. The van der Waals surface area contributed by atoms with Crippen LogP contribution in [0.4, 0.5) is 13.2 Å². The quantitative estimate of drug-likeness (QED) is 0.728. The van der Waals surface area contributed by atoms with Crippen LogP contribution in [0.25, 0.3) is 0 Å². The molecule has 140 valence electrons. The van der Waals surface area contributed by atoms with Crippen LogP contribution in [-0.4, -0.2) is 23.4 Å². The minimum absolute atomic E-state index is 0.0647. The average molecular weight is 376 g/mol. The zero-order chi connectivity index (χ0) is 18.8. The van der Waals surface area contributed by atoms with Crippen LogP contribution >= 0.6 is 11.8 Å². The van der Waals surface area contributed by atoms with Gasteiger partial charge in [0, 0.05) is 4.90 Å². The zero-order valence-electron chi connectivity index (χ0n) is 14.5. The predicted molar refractivity (Wildman–Crippen MR) is 90.3 cm³/mol. The highest BCUT2D eigenvalue weighted by molar-refractivity contribution is 8.01. The molecule has 0 bridgehead atoms. The van der Waals surface area contributed by atoms with Gasteiger partial charge >= 0.3 is 12.1 Å². The summed E-state index contributed by atoms with van der Waals surface area (Å²) in [5, 5.41) is 10.4. The first kappa shape index (κ1) is 20.1. The van der Waals surface area contributed by atoms with Crippen LogP contribution in [0.3, 0.4) is 0 Å². The Balaban J connectivity index is 2.65. The first-order valence-electron chi connectivity index (χ1n) is 8.39. The number of carbonyl (C=O) groups is 1. The number of hydrogen-bond donors (Lipinski definition) is 1. The highest BCUT2D eigenvalue weighted by Crippen LogP contribution is 2.56. The molecule has 0 spiro atoms. The summed E-state index contributed by atoms with van der Waals surface area (Å²) in [6, 6.07) is 3.78. The molecule has 2 rings (SSSR count). The summed E-state index contributed by atoms with van der Waals surface area (Å²) in [6.07, 6.45) is -1.78. The second-order valence-corrected chi connectivity index (χ2v) is 7.42. The Hall–Kier alpha value is -1.21. The lowest BCUT2D eigenvalue weighted by molar-refractivity contribution is -0.148. The molecule has 0 saturated carbocycles. The van der Waals surface area contributed by atoms with Gasteiger partial charge in [-0.2, -0.15) is 13.2 Å². The van der Waals surface area contributed by atoms with Crippen molar-refractivity contribution in [3.05, 3.63) is 29.3 Å². The summed E-state index contributed by atoms with van der Waals surface area (Å²) in [5.74, 6) is -1.02. The molecule has 1 aromatic carbocycles. The maximum absolute atomic E-state index is 13.4. The maximum atomic E-state index is 13.4. The van der Waals surface area contributed by atoms with Crippen molar-refractivity contribution >= 4 is 17.7 Å². The lowest BCUT2D eigenvalue weighted by Crippen LogP contribution is -2.46. The molecule has 0 unspecified atom stereocenters. The van der Waals surface area contributed by atoms with E-state index in [-0.39, 0.29) is 16.4 Å². The van der Waals surface area contributed by atoms with E-state index in [0.717, 1.165) is 30.7 Å². The number of carbonyl (C=O) groups excluding carboxylic acids is 1. The number of ether oxygens (including phenoxy) is 1. The van der Waals surface area contributed by atoms with Crippen LogP contribution < -0.4 is 0 Å². The molecule has 1 N–H and O–H groups in total. The first-order valence-corrected chi connectivity index (χ1v) is 9.27. The molecule has 7 heteroatoms. The van der Waals surface area contributed by atoms with Gasteiger partial charge in [0.2, 0.25) is 0 Å². The fraction of sp³-hybridized carbons (Fsp3) is 0.611. The predicted octanol–water partition coefficient (Wildman–Crippen LogP) is 4.76. The summed E-state index contributed by atoms with van der Waals surface area (Å²) >= 11 is 0.765. The lowest BCUT2D eigenvalue weighted by atomic mass is 9.74. The van der Waals surface area contributed by atoms with Crippen molar-refractivity contribution in [2.75, 3.05) is 7.11 Å². The Kier molecular flexibility index (Phi) is 6.09. The van der Waals surface area contributed by atoms with Gasteiger partial charge in [0.25, 0.3) is 0 Å². The molecule has 0 amide bonds. The van der Waals surface area contributed by atoms with Gasteiger partial charge in [-0.1, -0.05) is 38.8 Å².